The summed E-state index contributed by atoms with van der Waals surface area (Å²) in [6.45, 7) is 6.33. The lowest BCUT2D eigenvalue weighted by atomic mass is 10.1. The first kappa shape index (κ1) is 25.1. The third-order valence-electron chi connectivity index (χ3n) is 4.99. The van der Waals surface area contributed by atoms with Gasteiger partial charge in [-0.3, -0.25) is 9.59 Å². The van der Waals surface area contributed by atoms with E-state index in [2.05, 4.69) is 20.8 Å². The van der Waals surface area contributed by atoms with Crippen LogP contribution in [0.25, 0.3) is 0 Å². The second kappa shape index (κ2) is 11.5. The third-order valence-corrected chi connectivity index (χ3v) is 6.69. The van der Waals surface area contributed by atoms with Gasteiger partial charge in [0.15, 0.2) is 11.0 Å². The minimum absolute atomic E-state index is 0.0875. The summed E-state index contributed by atoms with van der Waals surface area (Å²) in [6.07, 6.45) is 0. The fraction of sp³-hybridized carbons (Fsp3) is 0.304. The molecule has 0 fully saturated rings. The van der Waals surface area contributed by atoms with Crippen LogP contribution in [0.5, 0.6) is 0 Å². The molecule has 3 rings (SSSR count). The number of halogens is 2. The number of carbonyl (C=O) groups excluding carboxylic acids is 2. The Morgan fingerprint density at radius 3 is 2.39 bits per heavy atom. The number of benzene rings is 2. The molecular weight excluding hydrogens is 481 g/mol. The van der Waals surface area contributed by atoms with E-state index in [1.54, 1.807) is 12.1 Å². The largest absolute Gasteiger partial charge is 0.349 e. The molecular formula is C23H25Cl2N5O2S. The first-order valence-electron chi connectivity index (χ1n) is 10.5. The number of hydrogen-bond acceptors (Lipinski definition) is 5. The van der Waals surface area contributed by atoms with Gasteiger partial charge in [0.25, 0.3) is 5.91 Å². The molecule has 0 radical (unpaired) electrons. The zero-order valence-electron chi connectivity index (χ0n) is 18.5. The van der Waals surface area contributed by atoms with Crippen LogP contribution in [0.1, 0.15) is 54.6 Å². The smallest absolute Gasteiger partial charge is 0.251 e. The van der Waals surface area contributed by atoms with Gasteiger partial charge in [-0.2, -0.15) is 0 Å². The van der Waals surface area contributed by atoms with E-state index in [1.807, 2.05) is 55.7 Å². The highest BCUT2D eigenvalue weighted by Gasteiger charge is 2.21. The van der Waals surface area contributed by atoms with Crippen LogP contribution in [0.4, 0.5) is 0 Å². The Kier molecular flexibility index (Phi) is 8.77. The lowest BCUT2D eigenvalue weighted by Crippen LogP contribution is -2.29. The molecule has 10 heteroatoms. The monoisotopic (exact) mass is 505 g/mol. The maximum Gasteiger partial charge on any atom is 0.251 e. The number of aromatic nitrogens is 3. The summed E-state index contributed by atoms with van der Waals surface area (Å²) in [5.41, 5.74) is 1.44. The summed E-state index contributed by atoms with van der Waals surface area (Å²) < 4.78 is 1.89. The van der Waals surface area contributed by atoms with Gasteiger partial charge in [-0.25, -0.2) is 0 Å². The predicted octanol–water partition coefficient (Wildman–Crippen LogP) is 5.07. The Hall–Kier alpha value is -2.55. The number of hydrogen-bond donors (Lipinski definition) is 2. The van der Waals surface area contributed by atoms with E-state index in [1.165, 1.54) is 17.8 Å². The van der Waals surface area contributed by atoms with Gasteiger partial charge < -0.3 is 15.2 Å². The Bertz CT molecular complexity index is 1120. The van der Waals surface area contributed by atoms with E-state index in [9.17, 15) is 9.59 Å². The number of amides is 2. The number of nitrogens with one attached hydrogen (secondary N) is 2. The standard InChI is InChI=1S/C23H25Cl2N5O2S/c1-4-30-21(15(3)27-22(32)17-10-11-18(24)19(25)12-17)28-29-23(30)33-13-20(31)26-14(2)16-8-6-5-7-9-16/h5-12,14-15H,4,13H2,1-3H3,(H,26,31)(H,27,32)/t14-,15+/m1/s1. The number of nitrogens with zero attached hydrogens (tertiary/aromatic N) is 3. The topological polar surface area (TPSA) is 88.9 Å². The molecule has 2 amide bonds. The average molecular weight is 506 g/mol. The van der Waals surface area contributed by atoms with Crippen LogP contribution in [0.15, 0.2) is 53.7 Å². The van der Waals surface area contributed by atoms with Crippen molar-refractivity contribution < 1.29 is 9.59 Å². The van der Waals surface area contributed by atoms with Crippen molar-refractivity contribution in [2.45, 2.75) is 44.6 Å². The van der Waals surface area contributed by atoms with Crippen LogP contribution in [0, 0.1) is 0 Å². The van der Waals surface area contributed by atoms with E-state index in [0.717, 1.165) is 5.56 Å². The van der Waals surface area contributed by atoms with Gasteiger partial charge in [0.2, 0.25) is 5.91 Å². The molecule has 2 atom stereocenters. The van der Waals surface area contributed by atoms with Gasteiger partial charge in [0, 0.05) is 12.1 Å². The molecule has 0 saturated carbocycles. The molecule has 0 spiro atoms. The highest BCUT2D eigenvalue weighted by Crippen LogP contribution is 2.24. The molecule has 7 nitrogen and oxygen atoms in total. The Morgan fingerprint density at radius 2 is 1.73 bits per heavy atom. The first-order chi connectivity index (χ1) is 15.8. The Balaban J connectivity index is 1.61. The molecule has 0 aliphatic heterocycles. The minimum Gasteiger partial charge on any atom is -0.349 e. The van der Waals surface area contributed by atoms with Crippen LogP contribution in [-0.2, 0) is 11.3 Å². The summed E-state index contributed by atoms with van der Waals surface area (Å²) in [6, 6.07) is 14.0. The van der Waals surface area contributed by atoms with Crippen molar-refractivity contribution in [2.75, 3.05) is 5.75 Å². The fourth-order valence-corrected chi connectivity index (χ4v) is 4.36. The summed E-state index contributed by atoms with van der Waals surface area (Å²) in [4.78, 5) is 25.0. The molecule has 0 bridgehead atoms. The van der Waals surface area contributed by atoms with Gasteiger partial charge in [-0.15, -0.1) is 10.2 Å². The summed E-state index contributed by atoms with van der Waals surface area (Å²) in [5, 5.41) is 15.7. The molecule has 0 aliphatic rings. The molecule has 0 unspecified atom stereocenters. The third kappa shape index (κ3) is 6.50. The maximum atomic E-state index is 12.6. The quantitative estimate of drug-likeness (QED) is 0.396. The van der Waals surface area contributed by atoms with Crippen molar-refractivity contribution in [3.05, 3.63) is 75.5 Å². The van der Waals surface area contributed by atoms with Crippen molar-refractivity contribution in [2.24, 2.45) is 0 Å². The van der Waals surface area contributed by atoms with Crippen LogP contribution >= 0.6 is 35.0 Å². The lowest BCUT2D eigenvalue weighted by Gasteiger charge is -2.16. The average Bonchev–Trinajstić information content (AvgIpc) is 3.23. The van der Waals surface area contributed by atoms with E-state index in [4.69, 9.17) is 23.2 Å². The molecule has 1 heterocycles. The van der Waals surface area contributed by atoms with Gasteiger partial charge in [0.1, 0.15) is 0 Å². The zero-order chi connectivity index (χ0) is 24.0. The van der Waals surface area contributed by atoms with Crippen LogP contribution < -0.4 is 10.6 Å². The fourth-order valence-electron chi connectivity index (χ4n) is 3.24. The Morgan fingerprint density at radius 1 is 1.00 bits per heavy atom. The highest BCUT2D eigenvalue weighted by atomic mass is 35.5. The van der Waals surface area contributed by atoms with Gasteiger partial charge in [-0.1, -0.05) is 65.3 Å². The number of thioether (sulfide) groups is 1. The van der Waals surface area contributed by atoms with E-state index >= 15 is 0 Å². The molecule has 174 valence electrons. The SMILES string of the molecule is CCn1c(SCC(=O)N[C@H](C)c2ccccc2)nnc1[C@H](C)NC(=O)c1ccc(Cl)c(Cl)c1. The minimum atomic E-state index is -0.402. The van der Waals surface area contributed by atoms with Crippen LogP contribution in [0.3, 0.4) is 0 Å². The summed E-state index contributed by atoms with van der Waals surface area (Å²) >= 11 is 13.2. The molecule has 2 aromatic carbocycles. The van der Waals surface area contributed by atoms with Crippen molar-refractivity contribution in [1.29, 1.82) is 0 Å². The normalized spacial score (nSPS) is 12.8. The van der Waals surface area contributed by atoms with Crippen molar-refractivity contribution in [3.8, 4) is 0 Å². The number of rotatable bonds is 9. The summed E-state index contributed by atoms with van der Waals surface area (Å²) in [7, 11) is 0. The second-order valence-electron chi connectivity index (χ2n) is 7.40. The lowest BCUT2D eigenvalue weighted by molar-refractivity contribution is -0.119. The van der Waals surface area contributed by atoms with E-state index in [-0.39, 0.29) is 23.6 Å². The molecule has 33 heavy (non-hydrogen) atoms. The van der Waals surface area contributed by atoms with Crippen LogP contribution in [-0.4, -0.2) is 32.3 Å². The molecule has 3 aromatic rings. The highest BCUT2D eigenvalue weighted by molar-refractivity contribution is 7.99. The molecule has 0 aliphatic carbocycles. The van der Waals surface area contributed by atoms with E-state index < -0.39 is 6.04 Å². The van der Waals surface area contributed by atoms with Crippen molar-refractivity contribution in [1.82, 2.24) is 25.4 Å². The maximum absolute atomic E-state index is 12.6. The van der Waals surface area contributed by atoms with Crippen molar-refractivity contribution in [3.63, 3.8) is 0 Å². The molecule has 1 aromatic heterocycles. The Labute approximate surface area is 207 Å². The summed E-state index contributed by atoms with van der Waals surface area (Å²) in [5.74, 6) is 0.422. The van der Waals surface area contributed by atoms with Crippen LogP contribution in [0.2, 0.25) is 10.0 Å². The number of carbonyl (C=O) groups is 2. The van der Waals surface area contributed by atoms with Crippen molar-refractivity contribution >= 4 is 46.8 Å². The zero-order valence-corrected chi connectivity index (χ0v) is 20.8. The first-order valence-corrected chi connectivity index (χ1v) is 12.2. The second-order valence-corrected chi connectivity index (χ2v) is 9.15. The van der Waals surface area contributed by atoms with E-state index in [0.29, 0.717) is 33.1 Å². The van der Waals surface area contributed by atoms with Gasteiger partial charge in [0.05, 0.1) is 27.9 Å². The molecule has 2 N–H and O–H groups in total. The molecule has 0 saturated heterocycles. The van der Waals surface area contributed by atoms with Gasteiger partial charge in [-0.05, 0) is 44.5 Å². The predicted molar refractivity (Wildman–Crippen MR) is 132 cm³/mol. The van der Waals surface area contributed by atoms with Gasteiger partial charge >= 0.3 is 0 Å².